The van der Waals surface area contributed by atoms with Crippen molar-refractivity contribution in [3.8, 4) is 0 Å². The molecule has 0 aliphatic carbocycles. The van der Waals surface area contributed by atoms with Crippen LogP contribution in [0.4, 0.5) is 0 Å². The zero-order valence-electron chi connectivity index (χ0n) is 5.37. The van der Waals surface area contributed by atoms with Gasteiger partial charge in [0, 0.05) is 0 Å². The Hall–Kier alpha value is -0.920. The molecule has 9 heavy (non-hydrogen) atoms. The first kappa shape index (κ1) is 6.20. The predicted molar refractivity (Wildman–Crippen MR) is 36.7 cm³/mol. The maximum absolute atomic E-state index is 10.6. The van der Waals surface area contributed by atoms with Gasteiger partial charge in [-0.15, -0.1) is 0 Å². The highest BCUT2D eigenvalue weighted by Gasteiger charge is 1.99. The molecule has 1 aliphatic heterocycles. The molecule has 2 nitrogen and oxygen atoms in total. The van der Waals surface area contributed by atoms with E-state index in [9.17, 15) is 4.79 Å². The number of ketones is 1. The van der Waals surface area contributed by atoms with E-state index in [0.717, 1.165) is 6.42 Å². The Morgan fingerprint density at radius 3 is 3.33 bits per heavy atom. The number of aliphatic imine (C=N–C) groups is 1. The van der Waals surface area contributed by atoms with Crippen molar-refractivity contribution in [1.29, 1.82) is 0 Å². The number of hydrogen-bond donors (Lipinski definition) is 0. The monoisotopic (exact) mass is 123 g/mol. The summed E-state index contributed by atoms with van der Waals surface area (Å²) >= 11 is 0. The fraction of sp³-hybridized carbons (Fsp3) is 0.429. The van der Waals surface area contributed by atoms with Crippen molar-refractivity contribution in [2.75, 3.05) is 0 Å². The molecule has 0 aromatic carbocycles. The van der Waals surface area contributed by atoms with E-state index in [1.165, 1.54) is 6.21 Å². The highest BCUT2D eigenvalue weighted by atomic mass is 16.1. The van der Waals surface area contributed by atoms with E-state index in [2.05, 4.69) is 4.99 Å². The minimum absolute atomic E-state index is 0.000602. The molecule has 1 rings (SSSR count). The van der Waals surface area contributed by atoms with Gasteiger partial charge >= 0.3 is 0 Å². The van der Waals surface area contributed by atoms with Gasteiger partial charge in [-0.1, -0.05) is 6.08 Å². The maximum atomic E-state index is 10.6. The summed E-state index contributed by atoms with van der Waals surface area (Å²) in [4.78, 5) is 14.6. The van der Waals surface area contributed by atoms with Crippen LogP contribution >= 0.6 is 0 Å². The van der Waals surface area contributed by atoms with E-state index in [1.807, 2.05) is 13.0 Å². The lowest BCUT2D eigenvalue weighted by atomic mass is 10.2. The third-order valence-corrected chi connectivity index (χ3v) is 1.22. The van der Waals surface area contributed by atoms with Gasteiger partial charge in [-0.2, -0.15) is 0 Å². The van der Waals surface area contributed by atoms with Crippen LogP contribution in [0.25, 0.3) is 0 Å². The summed E-state index contributed by atoms with van der Waals surface area (Å²) in [7, 11) is 0. The van der Waals surface area contributed by atoms with Gasteiger partial charge in [0.2, 0.25) is 0 Å². The van der Waals surface area contributed by atoms with Crippen molar-refractivity contribution >= 4 is 12.0 Å². The largest absolute Gasteiger partial charge is 0.288 e. The highest BCUT2D eigenvalue weighted by molar-refractivity contribution is 6.32. The van der Waals surface area contributed by atoms with Crippen molar-refractivity contribution in [1.82, 2.24) is 0 Å². The number of carbonyl (C=O) groups is 1. The minimum atomic E-state index is -0.000602. The van der Waals surface area contributed by atoms with Crippen LogP contribution in [0.15, 0.2) is 17.1 Å². The molecule has 2 heteroatoms. The molecule has 48 valence electrons. The SMILES string of the molecule is CC1CC=CC(=O)C=N1. The quantitative estimate of drug-likeness (QED) is 0.472. The van der Waals surface area contributed by atoms with Crippen LogP contribution in [0, 0.1) is 0 Å². The Labute approximate surface area is 54.3 Å². The molecule has 0 radical (unpaired) electrons. The molecule has 1 unspecified atom stereocenters. The van der Waals surface area contributed by atoms with Crippen LogP contribution in [0.2, 0.25) is 0 Å². The molecule has 0 aromatic heterocycles. The molecule has 0 fully saturated rings. The fourth-order valence-corrected chi connectivity index (χ4v) is 0.686. The van der Waals surface area contributed by atoms with Crippen LogP contribution in [0.3, 0.4) is 0 Å². The summed E-state index contributed by atoms with van der Waals surface area (Å²) in [5, 5.41) is 0. The minimum Gasteiger partial charge on any atom is -0.288 e. The van der Waals surface area contributed by atoms with Crippen molar-refractivity contribution < 1.29 is 4.79 Å². The van der Waals surface area contributed by atoms with Gasteiger partial charge in [0.25, 0.3) is 0 Å². The van der Waals surface area contributed by atoms with E-state index in [1.54, 1.807) is 6.08 Å². The summed E-state index contributed by atoms with van der Waals surface area (Å²) in [6.07, 6.45) is 5.68. The molecule has 0 saturated heterocycles. The van der Waals surface area contributed by atoms with Gasteiger partial charge in [0.15, 0.2) is 5.78 Å². The standard InChI is InChI=1S/C7H9NO/c1-6-3-2-4-7(9)5-8-6/h2,4-6H,3H2,1H3. The van der Waals surface area contributed by atoms with Crippen LogP contribution in [-0.2, 0) is 4.79 Å². The first-order valence-electron chi connectivity index (χ1n) is 3.03. The Balaban J connectivity index is 2.69. The number of hydrogen-bond acceptors (Lipinski definition) is 2. The van der Waals surface area contributed by atoms with E-state index in [-0.39, 0.29) is 11.8 Å². The number of allylic oxidation sites excluding steroid dienone is 1. The van der Waals surface area contributed by atoms with Crippen LogP contribution in [-0.4, -0.2) is 18.0 Å². The van der Waals surface area contributed by atoms with Crippen LogP contribution in [0.5, 0.6) is 0 Å². The zero-order chi connectivity index (χ0) is 6.69. The number of rotatable bonds is 0. The van der Waals surface area contributed by atoms with Gasteiger partial charge in [0.1, 0.15) is 0 Å². The van der Waals surface area contributed by atoms with Gasteiger partial charge < -0.3 is 0 Å². The molecular weight excluding hydrogens is 114 g/mol. The molecule has 0 spiro atoms. The normalized spacial score (nSPS) is 26.3. The Morgan fingerprint density at radius 1 is 1.78 bits per heavy atom. The molecule has 0 amide bonds. The average molecular weight is 123 g/mol. The molecule has 0 saturated carbocycles. The molecule has 1 heterocycles. The number of carbonyl (C=O) groups excluding carboxylic acids is 1. The van der Waals surface area contributed by atoms with Crippen molar-refractivity contribution in [2.24, 2.45) is 4.99 Å². The second-order valence-electron chi connectivity index (χ2n) is 2.17. The first-order chi connectivity index (χ1) is 4.29. The van der Waals surface area contributed by atoms with Crippen molar-refractivity contribution in [2.45, 2.75) is 19.4 Å². The molecule has 0 aromatic rings. The Kier molecular flexibility index (Phi) is 1.78. The predicted octanol–water partition coefficient (Wildman–Crippen LogP) is 0.975. The van der Waals surface area contributed by atoms with Gasteiger partial charge in [-0.25, -0.2) is 0 Å². The average Bonchev–Trinajstić information content (AvgIpc) is 1.97. The Bertz CT molecular complexity index is 170. The highest BCUT2D eigenvalue weighted by Crippen LogP contribution is 1.99. The summed E-state index contributed by atoms with van der Waals surface area (Å²) in [6, 6.07) is 0.271. The maximum Gasteiger partial charge on any atom is 0.196 e. The summed E-state index contributed by atoms with van der Waals surface area (Å²) < 4.78 is 0. The lowest BCUT2D eigenvalue weighted by Crippen LogP contribution is -1.95. The third-order valence-electron chi connectivity index (χ3n) is 1.22. The zero-order valence-corrected chi connectivity index (χ0v) is 5.37. The summed E-state index contributed by atoms with van der Waals surface area (Å²) in [5.74, 6) is -0.000602. The van der Waals surface area contributed by atoms with Crippen molar-refractivity contribution in [3.63, 3.8) is 0 Å². The number of nitrogens with zero attached hydrogens (tertiary/aromatic N) is 1. The topological polar surface area (TPSA) is 29.4 Å². The fourth-order valence-electron chi connectivity index (χ4n) is 0.686. The van der Waals surface area contributed by atoms with Crippen molar-refractivity contribution in [3.05, 3.63) is 12.2 Å². The van der Waals surface area contributed by atoms with Gasteiger partial charge in [-0.3, -0.25) is 9.79 Å². The van der Waals surface area contributed by atoms with Gasteiger partial charge in [0.05, 0.1) is 12.3 Å². The smallest absolute Gasteiger partial charge is 0.196 e. The molecule has 0 bridgehead atoms. The lowest BCUT2D eigenvalue weighted by molar-refractivity contribution is -0.108. The second kappa shape index (κ2) is 2.58. The summed E-state index contributed by atoms with van der Waals surface area (Å²) in [5.41, 5.74) is 0. The van der Waals surface area contributed by atoms with Crippen LogP contribution < -0.4 is 0 Å². The summed E-state index contributed by atoms with van der Waals surface area (Å²) in [6.45, 7) is 1.99. The lowest BCUT2D eigenvalue weighted by Gasteiger charge is -1.95. The first-order valence-corrected chi connectivity index (χ1v) is 3.03. The van der Waals surface area contributed by atoms with E-state index in [4.69, 9.17) is 0 Å². The van der Waals surface area contributed by atoms with E-state index < -0.39 is 0 Å². The Morgan fingerprint density at radius 2 is 2.56 bits per heavy atom. The van der Waals surface area contributed by atoms with E-state index >= 15 is 0 Å². The molecule has 1 aliphatic rings. The van der Waals surface area contributed by atoms with E-state index in [0.29, 0.717) is 0 Å². The molecule has 1 atom stereocenters. The van der Waals surface area contributed by atoms with Crippen LogP contribution in [0.1, 0.15) is 13.3 Å². The second-order valence-corrected chi connectivity index (χ2v) is 2.17. The molecular formula is C7H9NO. The van der Waals surface area contributed by atoms with Gasteiger partial charge in [-0.05, 0) is 19.4 Å². The molecule has 0 N–H and O–H groups in total. The third kappa shape index (κ3) is 1.80.